The average molecular weight is 281 g/mol. The molecule has 1 aromatic carbocycles. The summed E-state index contributed by atoms with van der Waals surface area (Å²) in [6.45, 7) is 3.72. The lowest BCUT2D eigenvalue weighted by atomic mass is 9.99. The Morgan fingerprint density at radius 2 is 2.00 bits per heavy atom. The fourth-order valence-electron chi connectivity index (χ4n) is 2.45. The van der Waals surface area contributed by atoms with E-state index >= 15 is 0 Å². The van der Waals surface area contributed by atoms with Gasteiger partial charge in [0.1, 0.15) is 5.78 Å². The summed E-state index contributed by atoms with van der Waals surface area (Å²) in [6.07, 6.45) is 2.91. The second-order valence-corrected chi connectivity index (χ2v) is 5.62. The average Bonchev–Trinajstić information content (AvgIpc) is 2.41. The minimum atomic E-state index is -0.0933. The summed E-state index contributed by atoms with van der Waals surface area (Å²) in [5.74, 6) is 0.202. The van der Waals surface area contributed by atoms with E-state index in [9.17, 15) is 4.79 Å². The van der Waals surface area contributed by atoms with E-state index in [4.69, 9.17) is 11.6 Å². The van der Waals surface area contributed by atoms with Crippen LogP contribution in [0.5, 0.6) is 0 Å². The van der Waals surface area contributed by atoms with Gasteiger partial charge in [0.05, 0.1) is 6.04 Å². The molecule has 0 unspecified atom stereocenters. The zero-order valence-corrected chi connectivity index (χ0v) is 12.0. The van der Waals surface area contributed by atoms with Crippen molar-refractivity contribution in [1.29, 1.82) is 0 Å². The molecule has 19 heavy (non-hydrogen) atoms. The van der Waals surface area contributed by atoms with Crippen LogP contribution in [0.15, 0.2) is 24.3 Å². The third-order valence-electron chi connectivity index (χ3n) is 3.62. The van der Waals surface area contributed by atoms with Gasteiger partial charge in [0.15, 0.2) is 0 Å². The quantitative estimate of drug-likeness (QED) is 0.869. The maximum atomic E-state index is 11.8. The molecule has 0 aliphatic carbocycles. The maximum Gasteiger partial charge on any atom is 0.147 e. The SMILES string of the molecule is CC(=O)[C@@H](Cc1ccc(Cl)cc1)NC1CCNCC1. The Morgan fingerprint density at radius 1 is 1.37 bits per heavy atom. The predicted octanol–water partition coefficient (Wildman–Crippen LogP) is 2.18. The largest absolute Gasteiger partial charge is 0.317 e. The number of hydrogen-bond acceptors (Lipinski definition) is 3. The van der Waals surface area contributed by atoms with Crippen molar-refractivity contribution in [3.8, 4) is 0 Å². The third-order valence-corrected chi connectivity index (χ3v) is 3.87. The molecule has 0 bridgehead atoms. The van der Waals surface area contributed by atoms with Crippen LogP contribution in [-0.4, -0.2) is 31.0 Å². The van der Waals surface area contributed by atoms with Crippen LogP contribution in [0.1, 0.15) is 25.3 Å². The number of hydrogen-bond donors (Lipinski definition) is 2. The fraction of sp³-hybridized carbons (Fsp3) is 0.533. The molecule has 2 N–H and O–H groups in total. The Kier molecular flexibility index (Phi) is 5.37. The predicted molar refractivity (Wildman–Crippen MR) is 78.7 cm³/mol. The molecule has 1 heterocycles. The number of benzene rings is 1. The van der Waals surface area contributed by atoms with Gasteiger partial charge < -0.3 is 10.6 Å². The van der Waals surface area contributed by atoms with E-state index in [-0.39, 0.29) is 11.8 Å². The van der Waals surface area contributed by atoms with Crippen molar-refractivity contribution < 1.29 is 4.79 Å². The minimum absolute atomic E-state index is 0.0933. The number of carbonyl (C=O) groups is 1. The molecule has 1 aliphatic rings. The zero-order chi connectivity index (χ0) is 13.7. The van der Waals surface area contributed by atoms with Crippen molar-refractivity contribution in [3.05, 3.63) is 34.9 Å². The molecule has 1 aromatic rings. The van der Waals surface area contributed by atoms with E-state index in [0.717, 1.165) is 42.9 Å². The Morgan fingerprint density at radius 3 is 2.58 bits per heavy atom. The van der Waals surface area contributed by atoms with Gasteiger partial charge in [0, 0.05) is 11.1 Å². The molecule has 1 aliphatic heterocycles. The van der Waals surface area contributed by atoms with Crippen LogP contribution in [0, 0.1) is 0 Å². The Bertz CT molecular complexity index is 413. The van der Waals surface area contributed by atoms with E-state index in [2.05, 4.69) is 10.6 Å². The normalized spacial score (nSPS) is 18.2. The van der Waals surface area contributed by atoms with Gasteiger partial charge in [-0.05, 0) is 57.0 Å². The van der Waals surface area contributed by atoms with Crippen LogP contribution in [0.25, 0.3) is 0 Å². The van der Waals surface area contributed by atoms with Crippen LogP contribution in [0.4, 0.5) is 0 Å². The first-order valence-corrected chi connectivity index (χ1v) is 7.24. The molecule has 0 aromatic heterocycles. The molecule has 3 nitrogen and oxygen atoms in total. The first-order chi connectivity index (χ1) is 9.15. The highest BCUT2D eigenvalue weighted by molar-refractivity contribution is 6.30. The van der Waals surface area contributed by atoms with Crippen molar-refractivity contribution in [1.82, 2.24) is 10.6 Å². The first-order valence-electron chi connectivity index (χ1n) is 6.87. The van der Waals surface area contributed by atoms with Crippen LogP contribution in [0.2, 0.25) is 5.02 Å². The maximum absolute atomic E-state index is 11.8. The lowest BCUT2D eigenvalue weighted by Gasteiger charge is -2.28. The van der Waals surface area contributed by atoms with E-state index in [1.807, 2.05) is 24.3 Å². The van der Waals surface area contributed by atoms with Crippen LogP contribution in [0.3, 0.4) is 0 Å². The molecule has 4 heteroatoms. The molecule has 104 valence electrons. The number of Topliss-reactive ketones (excluding diaryl/α,β-unsaturated/α-hetero) is 1. The summed E-state index contributed by atoms with van der Waals surface area (Å²) in [6, 6.07) is 8.08. The summed E-state index contributed by atoms with van der Waals surface area (Å²) < 4.78 is 0. The molecule has 2 rings (SSSR count). The number of nitrogens with one attached hydrogen (secondary N) is 2. The Balaban J connectivity index is 1.95. The van der Waals surface area contributed by atoms with Gasteiger partial charge in [-0.15, -0.1) is 0 Å². The summed E-state index contributed by atoms with van der Waals surface area (Å²) in [7, 11) is 0. The summed E-state index contributed by atoms with van der Waals surface area (Å²) >= 11 is 5.88. The van der Waals surface area contributed by atoms with Gasteiger partial charge in [-0.2, -0.15) is 0 Å². The number of piperidine rings is 1. The van der Waals surface area contributed by atoms with Crippen molar-refractivity contribution in [3.63, 3.8) is 0 Å². The molecule has 0 saturated carbocycles. The van der Waals surface area contributed by atoms with Crippen molar-refractivity contribution >= 4 is 17.4 Å². The topological polar surface area (TPSA) is 41.1 Å². The van der Waals surface area contributed by atoms with Crippen molar-refractivity contribution in [2.45, 2.75) is 38.3 Å². The highest BCUT2D eigenvalue weighted by atomic mass is 35.5. The van der Waals surface area contributed by atoms with Crippen LogP contribution < -0.4 is 10.6 Å². The number of ketones is 1. The third kappa shape index (κ3) is 4.60. The Labute approximate surface area is 119 Å². The van der Waals surface area contributed by atoms with Gasteiger partial charge >= 0.3 is 0 Å². The molecule has 0 amide bonds. The molecule has 1 saturated heterocycles. The number of halogens is 1. The van der Waals surface area contributed by atoms with E-state index in [1.165, 1.54) is 0 Å². The summed E-state index contributed by atoms with van der Waals surface area (Å²) in [4.78, 5) is 11.8. The number of rotatable bonds is 5. The molecule has 0 radical (unpaired) electrons. The summed E-state index contributed by atoms with van der Waals surface area (Å²) in [5.41, 5.74) is 1.14. The zero-order valence-electron chi connectivity index (χ0n) is 11.3. The van der Waals surface area contributed by atoms with E-state index in [1.54, 1.807) is 6.92 Å². The molecule has 0 spiro atoms. The highest BCUT2D eigenvalue weighted by Crippen LogP contribution is 2.12. The monoisotopic (exact) mass is 280 g/mol. The van der Waals surface area contributed by atoms with Gasteiger partial charge in [0.25, 0.3) is 0 Å². The van der Waals surface area contributed by atoms with Gasteiger partial charge in [0.2, 0.25) is 0 Å². The van der Waals surface area contributed by atoms with Crippen molar-refractivity contribution in [2.75, 3.05) is 13.1 Å². The second kappa shape index (κ2) is 7.04. The van der Waals surface area contributed by atoms with Gasteiger partial charge in [-0.25, -0.2) is 0 Å². The standard InChI is InChI=1S/C15H21ClN2O/c1-11(19)15(18-14-6-8-17-9-7-14)10-12-2-4-13(16)5-3-12/h2-5,14-15,17-18H,6-10H2,1H3/t15-/m1/s1. The Hall–Kier alpha value is -0.900. The lowest BCUT2D eigenvalue weighted by molar-refractivity contribution is -0.119. The first kappa shape index (κ1) is 14.5. The fourth-order valence-corrected chi connectivity index (χ4v) is 2.58. The molecule has 1 fully saturated rings. The van der Waals surface area contributed by atoms with Crippen LogP contribution in [-0.2, 0) is 11.2 Å². The lowest BCUT2D eigenvalue weighted by Crippen LogP contribution is -2.48. The summed E-state index contributed by atoms with van der Waals surface area (Å²) in [5, 5.41) is 7.56. The van der Waals surface area contributed by atoms with E-state index in [0.29, 0.717) is 6.04 Å². The van der Waals surface area contributed by atoms with Gasteiger partial charge in [-0.3, -0.25) is 4.79 Å². The number of carbonyl (C=O) groups excluding carboxylic acids is 1. The minimum Gasteiger partial charge on any atom is -0.317 e. The van der Waals surface area contributed by atoms with Gasteiger partial charge in [-0.1, -0.05) is 23.7 Å². The smallest absolute Gasteiger partial charge is 0.147 e. The van der Waals surface area contributed by atoms with Crippen LogP contribution >= 0.6 is 11.6 Å². The highest BCUT2D eigenvalue weighted by Gasteiger charge is 2.20. The molecular formula is C15H21ClN2O. The van der Waals surface area contributed by atoms with Crippen molar-refractivity contribution in [2.24, 2.45) is 0 Å². The second-order valence-electron chi connectivity index (χ2n) is 5.18. The molecule has 1 atom stereocenters. The molecular weight excluding hydrogens is 260 g/mol. The van der Waals surface area contributed by atoms with E-state index < -0.39 is 0 Å².